The topological polar surface area (TPSA) is 79.5 Å². The molecule has 6 nitrogen and oxygen atoms in total. The Hall–Kier alpha value is -1.43. The highest BCUT2D eigenvalue weighted by atomic mass is 16.5. The fraction of sp³-hybridized carbons (Fsp3) is 0.700. The second-order valence-corrected chi connectivity index (χ2v) is 4.20. The van der Waals surface area contributed by atoms with Crippen LogP contribution in [0.2, 0.25) is 0 Å². The van der Waals surface area contributed by atoms with Crippen molar-refractivity contribution in [3.8, 4) is 0 Å². The van der Waals surface area contributed by atoms with Gasteiger partial charge < -0.3 is 9.63 Å². The molecule has 1 N–H and O–H groups in total. The highest BCUT2D eigenvalue weighted by Crippen LogP contribution is 2.38. The third kappa shape index (κ3) is 3.03. The third-order valence-corrected chi connectivity index (χ3v) is 2.53. The van der Waals surface area contributed by atoms with E-state index in [0.29, 0.717) is 24.8 Å². The van der Waals surface area contributed by atoms with Crippen molar-refractivity contribution in [2.45, 2.75) is 31.7 Å². The van der Waals surface area contributed by atoms with E-state index in [1.807, 2.05) is 11.9 Å². The van der Waals surface area contributed by atoms with E-state index in [0.717, 1.165) is 18.7 Å². The molecule has 0 aromatic carbocycles. The van der Waals surface area contributed by atoms with Gasteiger partial charge in [-0.3, -0.25) is 9.69 Å². The third-order valence-electron chi connectivity index (χ3n) is 2.53. The fourth-order valence-electron chi connectivity index (χ4n) is 1.43. The van der Waals surface area contributed by atoms with Crippen molar-refractivity contribution >= 4 is 5.97 Å². The smallest absolute Gasteiger partial charge is 0.304 e. The van der Waals surface area contributed by atoms with Crippen LogP contribution in [0.4, 0.5) is 0 Å². The normalized spacial score (nSPS) is 15.6. The molecule has 1 aliphatic rings. The monoisotopic (exact) mass is 225 g/mol. The summed E-state index contributed by atoms with van der Waals surface area (Å²) in [5.41, 5.74) is 0. The molecule has 16 heavy (non-hydrogen) atoms. The van der Waals surface area contributed by atoms with E-state index in [-0.39, 0.29) is 6.42 Å². The summed E-state index contributed by atoms with van der Waals surface area (Å²) in [6.07, 6.45) is 2.40. The van der Waals surface area contributed by atoms with Gasteiger partial charge in [-0.15, -0.1) is 0 Å². The summed E-state index contributed by atoms with van der Waals surface area (Å²) < 4.78 is 5.11. The van der Waals surface area contributed by atoms with Crippen LogP contribution in [0.15, 0.2) is 4.52 Å². The Morgan fingerprint density at radius 2 is 2.38 bits per heavy atom. The number of carboxylic acid groups (broad SMARTS) is 1. The van der Waals surface area contributed by atoms with Crippen LogP contribution in [0.3, 0.4) is 0 Å². The van der Waals surface area contributed by atoms with Crippen LogP contribution in [0.5, 0.6) is 0 Å². The summed E-state index contributed by atoms with van der Waals surface area (Å²) in [7, 11) is 1.84. The number of aromatic nitrogens is 2. The van der Waals surface area contributed by atoms with E-state index in [9.17, 15) is 4.79 Å². The van der Waals surface area contributed by atoms with Crippen LogP contribution >= 0.6 is 0 Å². The SMILES string of the molecule is CN(CCC(=O)O)Cc1noc(C2CC2)n1. The van der Waals surface area contributed by atoms with Gasteiger partial charge >= 0.3 is 5.97 Å². The second kappa shape index (κ2) is 4.61. The quantitative estimate of drug-likeness (QED) is 0.773. The van der Waals surface area contributed by atoms with Gasteiger partial charge in [0, 0.05) is 12.5 Å². The number of nitrogens with zero attached hydrogens (tertiary/aromatic N) is 3. The summed E-state index contributed by atoms with van der Waals surface area (Å²) in [6, 6.07) is 0. The maximum Gasteiger partial charge on any atom is 0.304 e. The van der Waals surface area contributed by atoms with Crippen molar-refractivity contribution in [1.82, 2.24) is 15.0 Å². The van der Waals surface area contributed by atoms with Gasteiger partial charge in [-0.1, -0.05) is 5.16 Å². The van der Waals surface area contributed by atoms with Gasteiger partial charge in [0.2, 0.25) is 5.89 Å². The van der Waals surface area contributed by atoms with Gasteiger partial charge in [0.1, 0.15) is 0 Å². The van der Waals surface area contributed by atoms with Crippen LogP contribution < -0.4 is 0 Å². The van der Waals surface area contributed by atoms with Crippen LogP contribution in [-0.4, -0.2) is 39.7 Å². The minimum absolute atomic E-state index is 0.129. The van der Waals surface area contributed by atoms with E-state index in [1.165, 1.54) is 0 Å². The number of rotatable bonds is 6. The molecular formula is C10H15N3O3. The lowest BCUT2D eigenvalue weighted by molar-refractivity contribution is -0.137. The zero-order valence-electron chi connectivity index (χ0n) is 9.22. The molecule has 0 radical (unpaired) electrons. The molecule has 1 fully saturated rings. The molecular weight excluding hydrogens is 210 g/mol. The minimum Gasteiger partial charge on any atom is -0.481 e. The molecule has 0 aliphatic heterocycles. The molecule has 0 unspecified atom stereocenters. The van der Waals surface area contributed by atoms with Gasteiger partial charge in [-0.05, 0) is 19.9 Å². The first kappa shape index (κ1) is 11.1. The van der Waals surface area contributed by atoms with Crippen molar-refractivity contribution in [2.75, 3.05) is 13.6 Å². The molecule has 0 bridgehead atoms. The Morgan fingerprint density at radius 3 is 3.00 bits per heavy atom. The van der Waals surface area contributed by atoms with Crippen LogP contribution in [0.1, 0.15) is 36.9 Å². The van der Waals surface area contributed by atoms with E-state index in [2.05, 4.69) is 10.1 Å². The molecule has 0 amide bonds. The molecule has 0 spiro atoms. The average Bonchev–Trinajstić information content (AvgIpc) is 2.98. The zero-order chi connectivity index (χ0) is 11.5. The summed E-state index contributed by atoms with van der Waals surface area (Å²) in [4.78, 5) is 16.5. The number of carboxylic acids is 1. The van der Waals surface area contributed by atoms with Crippen molar-refractivity contribution < 1.29 is 14.4 Å². The molecule has 0 saturated heterocycles. The number of aliphatic carboxylic acids is 1. The second-order valence-electron chi connectivity index (χ2n) is 4.20. The Morgan fingerprint density at radius 1 is 1.62 bits per heavy atom. The highest BCUT2D eigenvalue weighted by Gasteiger charge is 2.29. The van der Waals surface area contributed by atoms with Crippen LogP contribution in [0, 0.1) is 0 Å². The number of hydrogen-bond donors (Lipinski definition) is 1. The lowest BCUT2D eigenvalue weighted by atomic mass is 10.4. The molecule has 1 aromatic rings. The van der Waals surface area contributed by atoms with Crippen LogP contribution in [-0.2, 0) is 11.3 Å². The van der Waals surface area contributed by atoms with Gasteiger partial charge in [-0.25, -0.2) is 0 Å². The van der Waals surface area contributed by atoms with Crippen molar-refractivity contribution in [2.24, 2.45) is 0 Å². The molecule has 1 aromatic heterocycles. The lowest BCUT2D eigenvalue weighted by Crippen LogP contribution is -2.21. The molecule has 2 rings (SSSR count). The maximum absolute atomic E-state index is 10.4. The molecule has 1 heterocycles. The van der Waals surface area contributed by atoms with Crippen molar-refractivity contribution in [1.29, 1.82) is 0 Å². The van der Waals surface area contributed by atoms with Gasteiger partial charge in [0.15, 0.2) is 5.82 Å². The van der Waals surface area contributed by atoms with E-state index >= 15 is 0 Å². The summed E-state index contributed by atoms with van der Waals surface area (Å²) >= 11 is 0. The Bertz CT molecular complexity index is 373. The molecule has 6 heteroatoms. The Labute approximate surface area is 93.2 Å². The minimum atomic E-state index is -0.793. The van der Waals surface area contributed by atoms with E-state index in [1.54, 1.807) is 0 Å². The first-order valence-corrected chi connectivity index (χ1v) is 5.38. The summed E-state index contributed by atoms with van der Waals surface area (Å²) in [5.74, 6) is 1.03. The fourth-order valence-corrected chi connectivity index (χ4v) is 1.43. The average molecular weight is 225 g/mol. The molecule has 0 atom stereocenters. The zero-order valence-corrected chi connectivity index (χ0v) is 9.22. The van der Waals surface area contributed by atoms with Crippen molar-refractivity contribution in [3.05, 3.63) is 11.7 Å². The van der Waals surface area contributed by atoms with Gasteiger partial charge in [-0.2, -0.15) is 4.98 Å². The summed E-state index contributed by atoms with van der Waals surface area (Å²) in [6.45, 7) is 1.02. The van der Waals surface area contributed by atoms with E-state index < -0.39 is 5.97 Å². The van der Waals surface area contributed by atoms with Crippen LogP contribution in [0.25, 0.3) is 0 Å². The standard InChI is InChI=1S/C10H15N3O3/c1-13(5-4-9(14)15)6-8-11-10(16-12-8)7-2-3-7/h7H,2-6H2,1H3,(H,14,15). The largest absolute Gasteiger partial charge is 0.481 e. The maximum atomic E-state index is 10.4. The van der Waals surface area contributed by atoms with Gasteiger partial charge in [0.25, 0.3) is 0 Å². The van der Waals surface area contributed by atoms with E-state index in [4.69, 9.17) is 9.63 Å². The lowest BCUT2D eigenvalue weighted by Gasteiger charge is -2.11. The summed E-state index contributed by atoms with van der Waals surface area (Å²) in [5, 5.41) is 12.4. The molecule has 88 valence electrons. The molecule has 1 saturated carbocycles. The first-order valence-electron chi connectivity index (χ1n) is 5.38. The van der Waals surface area contributed by atoms with Crippen molar-refractivity contribution in [3.63, 3.8) is 0 Å². The Kier molecular flexibility index (Phi) is 3.19. The molecule has 1 aliphatic carbocycles. The first-order chi connectivity index (χ1) is 7.65. The highest BCUT2D eigenvalue weighted by molar-refractivity contribution is 5.66. The predicted octanol–water partition coefficient (Wildman–Crippen LogP) is 0.853. The number of carbonyl (C=O) groups is 1. The Balaban J connectivity index is 1.80. The van der Waals surface area contributed by atoms with Gasteiger partial charge in [0.05, 0.1) is 13.0 Å². The number of hydrogen-bond acceptors (Lipinski definition) is 5. The predicted molar refractivity (Wildman–Crippen MR) is 54.9 cm³/mol.